The van der Waals surface area contributed by atoms with E-state index in [0.717, 1.165) is 0 Å². The third-order valence-electron chi connectivity index (χ3n) is 2.77. The SMILES string of the molecule is CC(=O)NCCC(O)C(O)c1cccc(C)c1O. The molecule has 0 fully saturated rings. The molecule has 0 aliphatic heterocycles. The monoisotopic (exact) mass is 253 g/mol. The maximum atomic E-state index is 10.7. The molecule has 0 saturated carbocycles. The first kappa shape index (κ1) is 14.5. The molecule has 0 aliphatic rings. The van der Waals surface area contributed by atoms with Gasteiger partial charge in [-0.2, -0.15) is 0 Å². The van der Waals surface area contributed by atoms with Crippen molar-refractivity contribution in [1.29, 1.82) is 0 Å². The van der Waals surface area contributed by atoms with Gasteiger partial charge in [0.05, 0.1) is 6.10 Å². The Labute approximate surface area is 106 Å². The van der Waals surface area contributed by atoms with Crippen molar-refractivity contribution < 1.29 is 20.1 Å². The summed E-state index contributed by atoms with van der Waals surface area (Å²) >= 11 is 0. The summed E-state index contributed by atoms with van der Waals surface area (Å²) in [7, 11) is 0. The van der Waals surface area contributed by atoms with Crippen LogP contribution in [-0.4, -0.2) is 33.9 Å². The number of benzene rings is 1. The van der Waals surface area contributed by atoms with Crippen molar-refractivity contribution in [3.63, 3.8) is 0 Å². The zero-order valence-corrected chi connectivity index (χ0v) is 10.6. The van der Waals surface area contributed by atoms with Crippen LogP contribution in [0.1, 0.15) is 30.6 Å². The Bertz CT molecular complexity index is 419. The fourth-order valence-corrected chi connectivity index (χ4v) is 1.68. The van der Waals surface area contributed by atoms with E-state index >= 15 is 0 Å². The van der Waals surface area contributed by atoms with Gasteiger partial charge in [-0.25, -0.2) is 0 Å². The van der Waals surface area contributed by atoms with E-state index in [-0.39, 0.29) is 24.6 Å². The number of carbonyl (C=O) groups is 1. The van der Waals surface area contributed by atoms with Crippen LogP contribution in [0.4, 0.5) is 0 Å². The van der Waals surface area contributed by atoms with Crippen molar-refractivity contribution in [2.75, 3.05) is 6.54 Å². The molecule has 5 heteroatoms. The highest BCUT2D eigenvalue weighted by atomic mass is 16.3. The van der Waals surface area contributed by atoms with Crippen molar-refractivity contribution in [3.05, 3.63) is 29.3 Å². The van der Waals surface area contributed by atoms with Crippen LogP contribution < -0.4 is 5.32 Å². The van der Waals surface area contributed by atoms with Gasteiger partial charge in [0.2, 0.25) is 5.91 Å². The number of amides is 1. The Balaban J connectivity index is 2.65. The van der Waals surface area contributed by atoms with E-state index in [4.69, 9.17) is 0 Å². The van der Waals surface area contributed by atoms with E-state index in [1.165, 1.54) is 6.92 Å². The third-order valence-corrected chi connectivity index (χ3v) is 2.77. The lowest BCUT2D eigenvalue weighted by Crippen LogP contribution is -2.27. The number of hydrogen-bond acceptors (Lipinski definition) is 4. The zero-order chi connectivity index (χ0) is 13.7. The van der Waals surface area contributed by atoms with Gasteiger partial charge in [0.25, 0.3) is 0 Å². The van der Waals surface area contributed by atoms with Crippen molar-refractivity contribution in [2.24, 2.45) is 0 Å². The summed E-state index contributed by atoms with van der Waals surface area (Å²) in [4.78, 5) is 10.7. The number of nitrogens with one attached hydrogen (secondary N) is 1. The second kappa shape index (κ2) is 6.37. The molecule has 0 radical (unpaired) electrons. The number of phenols is 1. The quantitative estimate of drug-likeness (QED) is 0.619. The fraction of sp³-hybridized carbons (Fsp3) is 0.462. The van der Waals surface area contributed by atoms with Gasteiger partial charge in [-0.3, -0.25) is 4.79 Å². The molecule has 1 amide bonds. The molecular weight excluding hydrogens is 234 g/mol. The van der Waals surface area contributed by atoms with Crippen LogP contribution in [0.25, 0.3) is 0 Å². The molecule has 4 N–H and O–H groups in total. The van der Waals surface area contributed by atoms with E-state index < -0.39 is 12.2 Å². The van der Waals surface area contributed by atoms with E-state index in [1.54, 1.807) is 25.1 Å². The number of aliphatic hydroxyl groups excluding tert-OH is 2. The molecule has 2 atom stereocenters. The average Bonchev–Trinajstić information content (AvgIpc) is 2.31. The lowest BCUT2D eigenvalue weighted by Gasteiger charge is -2.19. The summed E-state index contributed by atoms with van der Waals surface area (Å²) in [5.41, 5.74) is 0.936. The highest BCUT2D eigenvalue weighted by molar-refractivity contribution is 5.72. The largest absolute Gasteiger partial charge is 0.507 e. The highest BCUT2D eigenvalue weighted by Crippen LogP contribution is 2.29. The molecule has 0 bridgehead atoms. The van der Waals surface area contributed by atoms with Crippen LogP contribution in [0.15, 0.2) is 18.2 Å². The van der Waals surface area contributed by atoms with Gasteiger partial charge in [-0.1, -0.05) is 18.2 Å². The van der Waals surface area contributed by atoms with Crippen LogP contribution in [0.2, 0.25) is 0 Å². The first-order valence-electron chi connectivity index (χ1n) is 5.82. The maximum Gasteiger partial charge on any atom is 0.216 e. The molecule has 1 rings (SSSR count). The van der Waals surface area contributed by atoms with Gasteiger partial charge in [-0.05, 0) is 18.9 Å². The summed E-state index contributed by atoms with van der Waals surface area (Å²) in [6.07, 6.45) is -1.99. The van der Waals surface area contributed by atoms with Crippen LogP contribution in [-0.2, 0) is 4.79 Å². The average molecular weight is 253 g/mol. The topological polar surface area (TPSA) is 89.8 Å². The highest BCUT2D eigenvalue weighted by Gasteiger charge is 2.21. The standard InChI is InChI=1S/C13H19NO4/c1-8-4-3-5-10(12(8)17)13(18)11(16)6-7-14-9(2)15/h3-5,11,13,16-18H,6-7H2,1-2H3,(H,14,15). The number of carbonyl (C=O) groups excluding carboxylic acids is 1. The molecule has 0 saturated heterocycles. The Morgan fingerprint density at radius 2 is 2.06 bits per heavy atom. The van der Waals surface area contributed by atoms with Crippen molar-refractivity contribution >= 4 is 5.91 Å². The van der Waals surface area contributed by atoms with Gasteiger partial charge in [-0.15, -0.1) is 0 Å². The summed E-state index contributed by atoms with van der Waals surface area (Å²) < 4.78 is 0. The molecule has 1 aromatic carbocycles. The van der Waals surface area contributed by atoms with Crippen LogP contribution in [0, 0.1) is 6.92 Å². The third kappa shape index (κ3) is 3.72. The van der Waals surface area contributed by atoms with E-state index in [2.05, 4.69) is 5.32 Å². The van der Waals surface area contributed by atoms with Crippen molar-refractivity contribution in [1.82, 2.24) is 5.32 Å². The lowest BCUT2D eigenvalue weighted by atomic mass is 9.99. The molecule has 0 heterocycles. The van der Waals surface area contributed by atoms with Crippen LogP contribution in [0.3, 0.4) is 0 Å². The van der Waals surface area contributed by atoms with E-state index in [9.17, 15) is 20.1 Å². The number of rotatable bonds is 5. The van der Waals surface area contributed by atoms with Crippen molar-refractivity contribution in [3.8, 4) is 5.75 Å². The van der Waals surface area contributed by atoms with E-state index in [0.29, 0.717) is 11.1 Å². The second-order valence-electron chi connectivity index (χ2n) is 4.30. The summed E-state index contributed by atoms with van der Waals surface area (Å²) in [6.45, 7) is 3.38. The normalized spacial score (nSPS) is 14.0. The molecule has 0 spiro atoms. The molecule has 5 nitrogen and oxygen atoms in total. The second-order valence-corrected chi connectivity index (χ2v) is 4.30. The zero-order valence-electron chi connectivity index (χ0n) is 10.6. The Morgan fingerprint density at radius 1 is 1.39 bits per heavy atom. The Kier molecular flexibility index (Phi) is 5.12. The number of aliphatic hydroxyl groups is 2. The van der Waals surface area contributed by atoms with Gasteiger partial charge in [0, 0.05) is 19.0 Å². The van der Waals surface area contributed by atoms with Gasteiger partial charge < -0.3 is 20.6 Å². The smallest absolute Gasteiger partial charge is 0.216 e. The first-order chi connectivity index (χ1) is 8.43. The molecule has 1 aromatic rings. The molecule has 0 aliphatic carbocycles. The van der Waals surface area contributed by atoms with Crippen LogP contribution in [0.5, 0.6) is 5.75 Å². The number of aromatic hydroxyl groups is 1. The molecule has 0 aromatic heterocycles. The van der Waals surface area contributed by atoms with Gasteiger partial charge in [0.15, 0.2) is 0 Å². The maximum absolute atomic E-state index is 10.7. The number of aryl methyl sites for hydroxylation is 1. The molecule has 100 valence electrons. The lowest BCUT2D eigenvalue weighted by molar-refractivity contribution is -0.119. The predicted molar refractivity (Wildman–Crippen MR) is 67.1 cm³/mol. The summed E-state index contributed by atoms with van der Waals surface area (Å²) in [5.74, 6) is -0.196. The van der Waals surface area contributed by atoms with Crippen LogP contribution >= 0.6 is 0 Å². The van der Waals surface area contributed by atoms with Gasteiger partial charge >= 0.3 is 0 Å². The molecule has 18 heavy (non-hydrogen) atoms. The fourth-order valence-electron chi connectivity index (χ4n) is 1.68. The van der Waals surface area contributed by atoms with E-state index in [1.807, 2.05) is 0 Å². The van der Waals surface area contributed by atoms with Crippen molar-refractivity contribution in [2.45, 2.75) is 32.5 Å². The number of phenolic OH excluding ortho intramolecular Hbond substituents is 1. The molecular formula is C13H19NO4. The Hall–Kier alpha value is -1.59. The number of hydrogen-bond donors (Lipinski definition) is 4. The summed E-state index contributed by atoms with van der Waals surface area (Å²) in [6, 6.07) is 4.98. The minimum atomic E-state index is -1.17. The number of para-hydroxylation sites is 1. The first-order valence-corrected chi connectivity index (χ1v) is 5.82. The molecule has 2 unspecified atom stereocenters. The minimum absolute atomic E-state index is 0.0106. The predicted octanol–water partition coefficient (Wildman–Crippen LogP) is 0.621. The van der Waals surface area contributed by atoms with Gasteiger partial charge in [0.1, 0.15) is 11.9 Å². The summed E-state index contributed by atoms with van der Waals surface area (Å²) in [5, 5.41) is 32.0. The Morgan fingerprint density at radius 3 is 2.67 bits per heavy atom. The minimum Gasteiger partial charge on any atom is -0.507 e.